The van der Waals surface area contributed by atoms with Crippen LogP contribution in [-0.4, -0.2) is 25.5 Å². The van der Waals surface area contributed by atoms with Crippen LogP contribution in [-0.2, 0) is 28.0 Å². The van der Waals surface area contributed by atoms with Crippen LogP contribution in [0.2, 0.25) is 0 Å². The van der Waals surface area contributed by atoms with Crippen LogP contribution in [0.5, 0.6) is 11.5 Å². The van der Waals surface area contributed by atoms with Gasteiger partial charge >= 0.3 is 5.97 Å². The predicted molar refractivity (Wildman–Crippen MR) is 150 cm³/mol. The number of rotatable bonds is 12. The molecule has 0 amide bonds. The van der Waals surface area contributed by atoms with Gasteiger partial charge in [0, 0.05) is 0 Å². The zero-order valence-electron chi connectivity index (χ0n) is 21.8. The molecule has 0 bridgehead atoms. The first-order chi connectivity index (χ1) is 18.7. The van der Waals surface area contributed by atoms with Crippen LogP contribution in [0.1, 0.15) is 25.0 Å². The Morgan fingerprint density at radius 1 is 0.718 bits per heavy atom. The molecular formula is C31H31NO6S. The molecule has 1 atom stereocenters. The summed E-state index contributed by atoms with van der Waals surface area (Å²) in [6.07, 6.45) is 0. The average Bonchev–Trinajstić information content (AvgIpc) is 2.95. The number of nitrogens with one attached hydrogen (secondary N) is 1. The van der Waals surface area contributed by atoms with Crippen molar-refractivity contribution in [3.05, 3.63) is 114 Å². The minimum absolute atomic E-state index is 0.0136. The highest BCUT2D eigenvalue weighted by Gasteiger charge is 2.27. The van der Waals surface area contributed by atoms with Crippen molar-refractivity contribution in [3.8, 4) is 22.6 Å². The monoisotopic (exact) mass is 545 g/mol. The Bertz CT molecular complexity index is 1470. The molecule has 0 saturated carbocycles. The van der Waals surface area contributed by atoms with Gasteiger partial charge in [0.05, 0.1) is 4.90 Å². The molecule has 0 saturated heterocycles. The molecule has 0 spiro atoms. The van der Waals surface area contributed by atoms with E-state index in [2.05, 4.69) is 4.72 Å². The van der Waals surface area contributed by atoms with Crippen LogP contribution in [0.4, 0.5) is 0 Å². The van der Waals surface area contributed by atoms with Crippen molar-refractivity contribution in [3.63, 3.8) is 0 Å². The lowest BCUT2D eigenvalue weighted by atomic mass is 10.0. The van der Waals surface area contributed by atoms with E-state index in [4.69, 9.17) is 9.47 Å². The Morgan fingerprint density at radius 2 is 1.18 bits per heavy atom. The molecule has 2 N–H and O–H groups in total. The summed E-state index contributed by atoms with van der Waals surface area (Å²) < 4.78 is 39.3. The highest BCUT2D eigenvalue weighted by atomic mass is 32.2. The number of carboxylic acid groups (broad SMARTS) is 1. The van der Waals surface area contributed by atoms with E-state index in [0.29, 0.717) is 13.2 Å². The largest absolute Gasteiger partial charge is 0.489 e. The molecule has 0 fully saturated rings. The van der Waals surface area contributed by atoms with Crippen molar-refractivity contribution in [2.24, 2.45) is 5.92 Å². The third-order valence-electron chi connectivity index (χ3n) is 6.14. The van der Waals surface area contributed by atoms with E-state index in [-0.39, 0.29) is 4.90 Å². The first-order valence-electron chi connectivity index (χ1n) is 12.6. The van der Waals surface area contributed by atoms with E-state index in [1.54, 1.807) is 26.0 Å². The number of carboxylic acids is 1. The molecular weight excluding hydrogens is 514 g/mol. The quantitative estimate of drug-likeness (QED) is 0.230. The number of ether oxygens (including phenoxy) is 2. The van der Waals surface area contributed by atoms with E-state index in [1.165, 1.54) is 12.1 Å². The minimum atomic E-state index is -3.96. The van der Waals surface area contributed by atoms with E-state index < -0.39 is 28.0 Å². The average molecular weight is 546 g/mol. The number of hydrogen-bond acceptors (Lipinski definition) is 5. The van der Waals surface area contributed by atoms with Gasteiger partial charge in [-0.25, -0.2) is 8.42 Å². The molecule has 8 heteroatoms. The van der Waals surface area contributed by atoms with Crippen LogP contribution in [0.15, 0.2) is 108 Å². The van der Waals surface area contributed by atoms with Gasteiger partial charge in [0.1, 0.15) is 30.8 Å². The fourth-order valence-electron chi connectivity index (χ4n) is 3.87. The first-order valence-corrected chi connectivity index (χ1v) is 14.0. The Morgan fingerprint density at radius 3 is 1.64 bits per heavy atom. The number of hydrogen-bond donors (Lipinski definition) is 2. The van der Waals surface area contributed by atoms with Crippen LogP contribution in [0, 0.1) is 5.92 Å². The normalized spacial score (nSPS) is 12.2. The van der Waals surface area contributed by atoms with E-state index in [9.17, 15) is 18.3 Å². The molecule has 0 unspecified atom stereocenters. The fourth-order valence-corrected chi connectivity index (χ4v) is 5.20. The highest BCUT2D eigenvalue weighted by Crippen LogP contribution is 2.24. The van der Waals surface area contributed by atoms with Crippen molar-refractivity contribution < 1.29 is 27.8 Å². The molecule has 7 nitrogen and oxygen atoms in total. The first kappa shape index (κ1) is 27.9. The van der Waals surface area contributed by atoms with Crippen LogP contribution in [0.25, 0.3) is 11.1 Å². The van der Waals surface area contributed by atoms with E-state index >= 15 is 0 Å². The summed E-state index contributed by atoms with van der Waals surface area (Å²) in [5, 5.41) is 9.30. The number of aliphatic carboxylic acids is 1. The van der Waals surface area contributed by atoms with Crippen molar-refractivity contribution in [2.45, 2.75) is 38.0 Å². The maximum absolute atomic E-state index is 12.6. The summed E-state index contributed by atoms with van der Waals surface area (Å²) >= 11 is 0. The van der Waals surface area contributed by atoms with Gasteiger partial charge in [0.2, 0.25) is 10.0 Å². The van der Waals surface area contributed by atoms with Gasteiger partial charge in [0.25, 0.3) is 0 Å². The Kier molecular flexibility index (Phi) is 9.01. The smallest absolute Gasteiger partial charge is 0.322 e. The lowest BCUT2D eigenvalue weighted by Crippen LogP contribution is -2.44. The highest BCUT2D eigenvalue weighted by molar-refractivity contribution is 7.89. The van der Waals surface area contributed by atoms with Crippen molar-refractivity contribution >= 4 is 16.0 Å². The van der Waals surface area contributed by atoms with Crippen molar-refractivity contribution in [2.75, 3.05) is 0 Å². The molecule has 4 rings (SSSR count). The van der Waals surface area contributed by atoms with Crippen molar-refractivity contribution in [1.29, 1.82) is 0 Å². The molecule has 0 radical (unpaired) electrons. The van der Waals surface area contributed by atoms with Gasteiger partial charge in [-0.3, -0.25) is 4.79 Å². The maximum atomic E-state index is 12.6. The second-order valence-corrected chi connectivity index (χ2v) is 11.2. The summed E-state index contributed by atoms with van der Waals surface area (Å²) in [4.78, 5) is 11.4. The zero-order chi connectivity index (χ0) is 27.8. The Balaban J connectivity index is 1.32. The second kappa shape index (κ2) is 12.6. The van der Waals surface area contributed by atoms with E-state index in [0.717, 1.165) is 33.8 Å². The third kappa shape index (κ3) is 7.69. The van der Waals surface area contributed by atoms with Gasteiger partial charge in [-0.2, -0.15) is 4.72 Å². The van der Waals surface area contributed by atoms with Crippen LogP contribution < -0.4 is 14.2 Å². The standard InChI is InChI=1S/C31H31NO6S/c1-22(2)30(31(33)34)32-39(35,36)29-18-12-26(13-19-29)25-10-8-24(9-11-25)21-38-28-16-14-27(15-17-28)37-20-23-6-4-3-5-7-23/h3-19,22,30,32H,20-21H2,1-2H3,(H,33,34)/t30-/m1/s1. The molecule has 202 valence electrons. The molecule has 0 aliphatic carbocycles. The molecule has 0 aliphatic rings. The van der Waals surface area contributed by atoms with E-state index in [1.807, 2.05) is 78.9 Å². The van der Waals surface area contributed by atoms with Gasteiger partial charge in [0.15, 0.2) is 0 Å². The molecule has 39 heavy (non-hydrogen) atoms. The number of benzene rings is 4. The van der Waals surface area contributed by atoms with Gasteiger partial charge in [-0.05, 0) is 64.6 Å². The topological polar surface area (TPSA) is 102 Å². The lowest BCUT2D eigenvalue weighted by molar-refractivity contribution is -0.140. The molecule has 4 aromatic rings. The van der Waals surface area contributed by atoms with Crippen molar-refractivity contribution in [1.82, 2.24) is 4.72 Å². The summed E-state index contributed by atoms with van der Waals surface area (Å²) in [6.45, 7) is 4.20. The SMILES string of the molecule is CC(C)[C@@H](NS(=O)(=O)c1ccc(-c2ccc(COc3ccc(OCc4ccccc4)cc3)cc2)cc1)C(=O)O. The van der Waals surface area contributed by atoms with Gasteiger partial charge in [-0.15, -0.1) is 0 Å². The van der Waals surface area contributed by atoms with Crippen LogP contribution in [0.3, 0.4) is 0 Å². The summed E-state index contributed by atoms with van der Waals surface area (Å²) in [5.41, 5.74) is 3.85. The minimum Gasteiger partial charge on any atom is -0.489 e. The second-order valence-electron chi connectivity index (χ2n) is 9.44. The number of carbonyl (C=O) groups is 1. The molecule has 0 aromatic heterocycles. The maximum Gasteiger partial charge on any atom is 0.322 e. The molecule has 4 aromatic carbocycles. The Hall–Kier alpha value is -4.14. The zero-order valence-corrected chi connectivity index (χ0v) is 22.6. The summed E-state index contributed by atoms with van der Waals surface area (Å²) in [5.74, 6) is -0.0950. The van der Waals surface area contributed by atoms with Gasteiger partial charge < -0.3 is 14.6 Å². The number of sulfonamides is 1. The fraction of sp³-hybridized carbons (Fsp3) is 0.194. The lowest BCUT2D eigenvalue weighted by Gasteiger charge is -2.18. The predicted octanol–water partition coefficient (Wildman–Crippen LogP) is 5.90. The third-order valence-corrected chi connectivity index (χ3v) is 7.60. The Labute approximate surface area is 229 Å². The summed E-state index contributed by atoms with van der Waals surface area (Å²) in [6, 6.07) is 30.4. The molecule has 0 heterocycles. The van der Waals surface area contributed by atoms with Crippen LogP contribution >= 0.6 is 0 Å². The van der Waals surface area contributed by atoms with Gasteiger partial charge in [-0.1, -0.05) is 80.6 Å². The molecule has 0 aliphatic heterocycles. The summed E-state index contributed by atoms with van der Waals surface area (Å²) in [7, 11) is -3.96.